The molecule has 3 N–H and O–H groups in total. The topological polar surface area (TPSA) is 87.9 Å². The van der Waals surface area contributed by atoms with Crippen molar-refractivity contribution in [2.45, 2.75) is 26.4 Å². The molecular formula is C19H30N4O3. The van der Waals surface area contributed by atoms with Gasteiger partial charge in [-0.2, -0.15) is 0 Å². The van der Waals surface area contributed by atoms with Crippen molar-refractivity contribution < 1.29 is 14.3 Å². The molecule has 1 aliphatic heterocycles. The molecule has 0 unspecified atom stereocenters. The first-order chi connectivity index (χ1) is 12.4. The number of carbonyl (C=O) groups excluding carboxylic acids is 2. The number of hydrogen-bond acceptors (Lipinski definition) is 5. The lowest BCUT2D eigenvalue weighted by atomic mass is 10.1. The second kappa shape index (κ2) is 9.54. The van der Waals surface area contributed by atoms with E-state index < -0.39 is 6.04 Å². The van der Waals surface area contributed by atoms with Crippen molar-refractivity contribution in [3.05, 3.63) is 29.8 Å². The summed E-state index contributed by atoms with van der Waals surface area (Å²) in [4.78, 5) is 28.2. The summed E-state index contributed by atoms with van der Waals surface area (Å²) in [6.45, 7) is 7.46. The molecule has 2 amide bonds. The minimum atomic E-state index is -0.583. The number of benzene rings is 1. The molecule has 1 aromatic rings. The van der Waals surface area contributed by atoms with Gasteiger partial charge in [-0.05, 0) is 12.0 Å². The Morgan fingerprint density at radius 2 is 1.85 bits per heavy atom. The number of ether oxygens (including phenoxy) is 1. The largest absolute Gasteiger partial charge is 0.496 e. The fourth-order valence-electron chi connectivity index (χ4n) is 2.93. The monoisotopic (exact) mass is 362 g/mol. The van der Waals surface area contributed by atoms with Crippen molar-refractivity contribution in [3.8, 4) is 5.75 Å². The van der Waals surface area contributed by atoms with Crippen LogP contribution in [0.4, 0.5) is 0 Å². The first-order valence-corrected chi connectivity index (χ1v) is 9.07. The lowest BCUT2D eigenvalue weighted by Crippen LogP contribution is -2.52. The quantitative estimate of drug-likeness (QED) is 0.735. The van der Waals surface area contributed by atoms with E-state index in [1.165, 1.54) is 0 Å². The van der Waals surface area contributed by atoms with Crippen LogP contribution >= 0.6 is 0 Å². The molecule has 1 fully saturated rings. The molecule has 1 aromatic carbocycles. The van der Waals surface area contributed by atoms with E-state index in [2.05, 4.69) is 16.3 Å². The van der Waals surface area contributed by atoms with E-state index in [9.17, 15) is 9.59 Å². The molecule has 2 rings (SSSR count). The van der Waals surface area contributed by atoms with E-state index in [1.54, 1.807) is 12.0 Å². The Kier molecular flexibility index (Phi) is 7.41. The molecule has 1 atom stereocenters. The van der Waals surface area contributed by atoms with Gasteiger partial charge in [-0.25, -0.2) is 0 Å². The highest BCUT2D eigenvalue weighted by Gasteiger charge is 2.23. The highest BCUT2D eigenvalue weighted by Crippen LogP contribution is 2.19. The van der Waals surface area contributed by atoms with Crippen LogP contribution in [0, 0.1) is 5.92 Å². The highest BCUT2D eigenvalue weighted by molar-refractivity contribution is 5.87. The number of para-hydroxylation sites is 1. The molecule has 1 aliphatic rings. The third kappa shape index (κ3) is 5.44. The fraction of sp³-hybridized carbons (Fsp3) is 0.579. The predicted octanol–water partition coefficient (Wildman–Crippen LogP) is 0.439. The fourth-order valence-corrected chi connectivity index (χ4v) is 2.93. The van der Waals surface area contributed by atoms with Gasteiger partial charge in [0.25, 0.3) is 0 Å². The van der Waals surface area contributed by atoms with Crippen molar-refractivity contribution in [2.24, 2.45) is 11.7 Å². The van der Waals surface area contributed by atoms with Gasteiger partial charge in [0.2, 0.25) is 11.8 Å². The smallest absolute Gasteiger partial charge is 0.242 e. The summed E-state index contributed by atoms with van der Waals surface area (Å²) in [5.41, 5.74) is 6.93. The molecule has 0 bridgehead atoms. The molecule has 0 saturated carbocycles. The molecule has 7 heteroatoms. The zero-order valence-corrected chi connectivity index (χ0v) is 15.9. The van der Waals surface area contributed by atoms with Gasteiger partial charge in [0.1, 0.15) is 5.75 Å². The molecule has 0 aromatic heterocycles. The summed E-state index contributed by atoms with van der Waals surface area (Å²) in [5.74, 6) is 0.591. The Morgan fingerprint density at radius 3 is 2.46 bits per heavy atom. The minimum Gasteiger partial charge on any atom is -0.496 e. The zero-order valence-electron chi connectivity index (χ0n) is 15.9. The van der Waals surface area contributed by atoms with Crippen LogP contribution in [0.15, 0.2) is 24.3 Å². The number of rotatable bonds is 7. The van der Waals surface area contributed by atoms with Gasteiger partial charge in [0.15, 0.2) is 0 Å². The lowest BCUT2D eigenvalue weighted by molar-refractivity contribution is -0.134. The second-order valence-electron chi connectivity index (χ2n) is 6.96. The Labute approximate surface area is 155 Å². The average molecular weight is 362 g/mol. The van der Waals surface area contributed by atoms with Crippen LogP contribution in [0.3, 0.4) is 0 Å². The normalized spacial score (nSPS) is 16.4. The number of carbonyl (C=O) groups is 2. The van der Waals surface area contributed by atoms with Crippen LogP contribution in [0.25, 0.3) is 0 Å². The van der Waals surface area contributed by atoms with Crippen LogP contribution in [0.2, 0.25) is 0 Å². The third-order valence-corrected chi connectivity index (χ3v) is 4.75. The van der Waals surface area contributed by atoms with Gasteiger partial charge < -0.3 is 20.7 Å². The number of nitrogens with two attached hydrogens (primary N) is 1. The maximum Gasteiger partial charge on any atom is 0.242 e. The second-order valence-corrected chi connectivity index (χ2v) is 6.96. The third-order valence-electron chi connectivity index (χ3n) is 4.75. The number of hydrogen-bond donors (Lipinski definition) is 2. The first kappa shape index (κ1) is 20.2. The Balaban J connectivity index is 1.77. The van der Waals surface area contributed by atoms with Gasteiger partial charge >= 0.3 is 0 Å². The molecule has 0 aliphatic carbocycles. The maximum absolute atomic E-state index is 12.3. The van der Waals surface area contributed by atoms with Crippen molar-refractivity contribution in [3.63, 3.8) is 0 Å². The van der Waals surface area contributed by atoms with Crippen LogP contribution in [-0.2, 0) is 16.1 Å². The van der Waals surface area contributed by atoms with Crippen LogP contribution in [0.5, 0.6) is 5.75 Å². The highest BCUT2D eigenvalue weighted by atomic mass is 16.5. The Morgan fingerprint density at radius 1 is 1.19 bits per heavy atom. The molecular weight excluding hydrogens is 332 g/mol. The van der Waals surface area contributed by atoms with E-state index in [4.69, 9.17) is 10.5 Å². The Hall–Kier alpha value is -2.12. The molecule has 7 nitrogen and oxygen atoms in total. The van der Waals surface area contributed by atoms with Gasteiger partial charge in [-0.15, -0.1) is 0 Å². The molecule has 26 heavy (non-hydrogen) atoms. The van der Waals surface area contributed by atoms with Crippen LogP contribution in [0.1, 0.15) is 19.4 Å². The van der Waals surface area contributed by atoms with Gasteiger partial charge in [0, 0.05) is 38.3 Å². The predicted molar refractivity (Wildman–Crippen MR) is 101 cm³/mol. The maximum atomic E-state index is 12.3. The number of piperazine rings is 1. The summed E-state index contributed by atoms with van der Waals surface area (Å²) in [6, 6.07) is 7.39. The number of nitrogens with one attached hydrogen (secondary N) is 1. The minimum absolute atomic E-state index is 0.00572. The van der Waals surface area contributed by atoms with E-state index in [1.807, 2.05) is 32.0 Å². The van der Waals surface area contributed by atoms with Gasteiger partial charge in [-0.1, -0.05) is 32.0 Å². The van der Waals surface area contributed by atoms with Crippen molar-refractivity contribution in [1.82, 2.24) is 15.1 Å². The van der Waals surface area contributed by atoms with Crippen molar-refractivity contribution in [2.75, 3.05) is 39.8 Å². The van der Waals surface area contributed by atoms with Crippen LogP contribution in [-0.4, -0.2) is 67.5 Å². The molecule has 0 radical (unpaired) electrons. The summed E-state index contributed by atoms with van der Waals surface area (Å²) in [6.07, 6.45) is 0. The molecule has 1 heterocycles. The summed E-state index contributed by atoms with van der Waals surface area (Å²) in [7, 11) is 1.68. The molecule has 0 spiro atoms. The SMILES string of the molecule is COc1ccccc1CN1CCN(C(=O)CNC(=O)[C@@H](N)C(C)C)CC1. The number of methoxy groups -OCH3 is 1. The van der Waals surface area contributed by atoms with Crippen molar-refractivity contribution >= 4 is 11.8 Å². The number of nitrogens with zero attached hydrogens (tertiary/aromatic N) is 2. The van der Waals surface area contributed by atoms with E-state index >= 15 is 0 Å². The summed E-state index contributed by atoms with van der Waals surface area (Å²) < 4.78 is 5.39. The lowest BCUT2D eigenvalue weighted by Gasteiger charge is -2.35. The summed E-state index contributed by atoms with van der Waals surface area (Å²) >= 11 is 0. The molecule has 1 saturated heterocycles. The van der Waals surface area contributed by atoms with E-state index in [0.717, 1.165) is 30.9 Å². The van der Waals surface area contributed by atoms with Gasteiger partial charge in [-0.3, -0.25) is 14.5 Å². The van der Waals surface area contributed by atoms with Crippen LogP contribution < -0.4 is 15.8 Å². The Bertz CT molecular complexity index is 613. The average Bonchev–Trinajstić information content (AvgIpc) is 2.66. The standard InChI is InChI=1S/C19H30N4O3/c1-14(2)18(20)19(25)21-12-17(24)23-10-8-22(9-11-23)13-15-6-4-5-7-16(15)26-3/h4-7,14,18H,8-13,20H2,1-3H3,(H,21,25)/t18-/m0/s1. The van der Waals surface area contributed by atoms with E-state index in [0.29, 0.717) is 13.1 Å². The summed E-state index contributed by atoms with van der Waals surface area (Å²) in [5, 5.41) is 2.64. The zero-order chi connectivity index (χ0) is 19.1. The van der Waals surface area contributed by atoms with Gasteiger partial charge in [0.05, 0.1) is 19.7 Å². The van der Waals surface area contributed by atoms with E-state index in [-0.39, 0.29) is 24.3 Å². The number of amides is 2. The molecule has 144 valence electrons. The first-order valence-electron chi connectivity index (χ1n) is 9.07. The van der Waals surface area contributed by atoms with Crippen molar-refractivity contribution in [1.29, 1.82) is 0 Å².